The van der Waals surface area contributed by atoms with Gasteiger partial charge in [-0.3, -0.25) is 0 Å². The van der Waals surface area contributed by atoms with Crippen LogP contribution >= 0.6 is 0 Å². The van der Waals surface area contributed by atoms with Crippen LogP contribution in [0.1, 0.15) is 57.5 Å². The minimum absolute atomic E-state index is 0.144. The van der Waals surface area contributed by atoms with Crippen molar-refractivity contribution in [3.8, 4) is 0 Å². The number of hydrogen-bond acceptors (Lipinski definition) is 2. The molecule has 21 heavy (non-hydrogen) atoms. The van der Waals surface area contributed by atoms with E-state index in [-0.39, 0.29) is 11.0 Å². The molecule has 1 aromatic rings. The van der Waals surface area contributed by atoms with E-state index in [0.29, 0.717) is 17.9 Å². The Hall–Kier alpha value is -1.02. The van der Waals surface area contributed by atoms with Crippen LogP contribution in [0.2, 0.25) is 0 Å². The van der Waals surface area contributed by atoms with Gasteiger partial charge < -0.3 is 9.15 Å². The van der Waals surface area contributed by atoms with Crippen molar-refractivity contribution in [1.29, 1.82) is 0 Å². The van der Waals surface area contributed by atoms with E-state index in [4.69, 9.17) is 9.15 Å². The van der Waals surface area contributed by atoms with E-state index >= 15 is 0 Å². The maximum atomic E-state index is 5.98. The molecule has 2 heterocycles. The second-order valence-electron chi connectivity index (χ2n) is 7.90. The van der Waals surface area contributed by atoms with Crippen LogP contribution in [0.5, 0.6) is 0 Å². The molecule has 5 unspecified atom stereocenters. The van der Waals surface area contributed by atoms with Crippen molar-refractivity contribution < 1.29 is 9.15 Å². The molecule has 0 bridgehead atoms. The van der Waals surface area contributed by atoms with E-state index in [9.17, 15) is 0 Å². The quantitative estimate of drug-likeness (QED) is 0.549. The third kappa shape index (κ3) is 1.95. The minimum atomic E-state index is 0.144. The highest BCUT2D eigenvalue weighted by atomic mass is 16.6. The van der Waals surface area contributed by atoms with Crippen molar-refractivity contribution in [1.82, 2.24) is 0 Å². The molecule has 1 aromatic heterocycles. The van der Waals surface area contributed by atoms with Crippen LogP contribution in [0.4, 0.5) is 0 Å². The normalized spacial score (nSPS) is 45.7. The fourth-order valence-corrected chi connectivity index (χ4v) is 4.83. The van der Waals surface area contributed by atoms with Gasteiger partial charge in [0.1, 0.15) is 11.5 Å². The summed E-state index contributed by atoms with van der Waals surface area (Å²) in [7, 11) is 0. The summed E-state index contributed by atoms with van der Waals surface area (Å²) in [5.74, 6) is 3.54. The third-order valence-corrected chi connectivity index (χ3v) is 6.49. The predicted molar refractivity (Wildman–Crippen MR) is 83.3 cm³/mol. The van der Waals surface area contributed by atoms with Gasteiger partial charge in [0.15, 0.2) is 0 Å². The number of fused-ring (bicyclic) bond motifs is 2. The molecule has 1 saturated heterocycles. The van der Waals surface area contributed by atoms with Crippen molar-refractivity contribution in [2.45, 2.75) is 70.0 Å². The molecular weight excluding hydrogens is 260 g/mol. The summed E-state index contributed by atoms with van der Waals surface area (Å²) in [5, 5.41) is 0. The van der Waals surface area contributed by atoms with Crippen molar-refractivity contribution in [2.75, 3.05) is 0 Å². The van der Waals surface area contributed by atoms with Crippen LogP contribution in [0.3, 0.4) is 0 Å². The highest BCUT2D eigenvalue weighted by Gasteiger charge is 2.58. The molecule has 1 aliphatic heterocycles. The Morgan fingerprint density at radius 2 is 2.05 bits per heavy atom. The van der Waals surface area contributed by atoms with E-state index in [1.54, 1.807) is 0 Å². The van der Waals surface area contributed by atoms with E-state index in [2.05, 4.69) is 32.6 Å². The van der Waals surface area contributed by atoms with Gasteiger partial charge in [-0.2, -0.15) is 0 Å². The average molecular weight is 286 g/mol. The Morgan fingerprint density at radius 3 is 2.76 bits per heavy atom. The largest absolute Gasteiger partial charge is 0.466 e. The van der Waals surface area contributed by atoms with Crippen molar-refractivity contribution in [3.63, 3.8) is 0 Å². The van der Waals surface area contributed by atoms with Gasteiger partial charge in [-0.05, 0) is 69.9 Å². The lowest BCUT2D eigenvalue weighted by Crippen LogP contribution is -2.50. The van der Waals surface area contributed by atoms with Gasteiger partial charge in [-0.1, -0.05) is 19.1 Å². The van der Waals surface area contributed by atoms with Gasteiger partial charge in [0, 0.05) is 5.41 Å². The maximum Gasteiger partial charge on any atom is 0.110 e. The van der Waals surface area contributed by atoms with Gasteiger partial charge in [0.2, 0.25) is 0 Å². The van der Waals surface area contributed by atoms with Crippen LogP contribution in [0.15, 0.2) is 28.7 Å². The summed E-state index contributed by atoms with van der Waals surface area (Å²) in [6.45, 7) is 11.1. The third-order valence-electron chi connectivity index (χ3n) is 6.49. The van der Waals surface area contributed by atoms with Gasteiger partial charge in [0.25, 0.3) is 0 Å². The first-order valence-corrected chi connectivity index (χ1v) is 8.35. The summed E-state index contributed by atoms with van der Waals surface area (Å²) in [5.41, 5.74) is 1.78. The Morgan fingerprint density at radius 1 is 1.24 bits per heavy atom. The number of rotatable bonds is 1. The molecule has 2 heteroatoms. The number of epoxide rings is 1. The van der Waals surface area contributed by atoms with Crippen LogP contribution in [0.25, 0.3) is 0 Å². The lowest BCUT2D eigenvalue weighted by molar-refractivity contribution is 0.0339. The zero-order valence-corrected chi connectivity index (χ0v) is 13.4. The standard InChI is InChI=1S/C19H26O2/c1-12-5-7-17-19(4,21-17)10-9-15-14(12)11-18(15,3)16-8-6-13(2)20-16/h6,8,14-15,17H,1,5,7,9-11H2,2-4H3. The molecule has 3 aliphatic rings. The lowest BCUT2D eigenvalue weighted by Gasteiger charge is -2.53. The molecule has 0 spiro atoms. The van der Waals surface area contributed by atoms with Crippen LogP contribution in [0, 0.1) is 18.8 Å². The topological polar surface area (TPSA) is 25.7 Å². The maximum absolute atomic E-state index is 5.98. The Bertz CT molecular complexity index is 586. The second kappa shape index (κ2) is 4.25. The molecule has 114 valence electrons. The molecule has 0 radical (unpaired) electrons. The minimum Gasteiger partial charge on any atom is -0.466 e. The average Bonchev–Trinajstić information content (AvgIpc) is 2.84. The fourth-order valence-electron chi connectivity index (χ4n) is 4.83. The summed E-state index contributed by atoms with van der Waals surface area (Å²) in [6.07, 6.45) is 6.38. The molecule has 0 N–H and O–H groups in total. The first kappa shape index (κ1) is 13.6. The molecule has 2 nitrogen and oxygen atoms in total. The van der Waals surface area contributed by atoms with Gasteiger partial charge >= 0.3 is 0 Å². The monoisotopic (exact) mass is 286 g/mol. The molecule has 0 aromatic carbocycles. The van der Waals surface area contributed by atoms with Gasteiger partial charge in [0.05, 0.1) is 11.7 Å². The molecule has 2 saturated carbocycles. The van der Waals surface area contributed by atoms with E-state index < -0.39 is 0 Å². The highest BCUT2D eigenvalue weighted by molar-refractivity contribution is 5.28. The highest BCUT2D eigenvalue weighted by Crippen LogP contribution is 2.60. The number of aryl methyl sites for hydroxylation is 1. The first-order chi connectivity index (χ1) is 9.92. The number of allylic oxidation sites excluding steroid dienone is 1. The predicted octanol–water partition coefficient (Wildman–Crippen LogP) is 4.77. The Labute approximate surface area is 127 Å². The van der Waals surface area contributed by atoms with E-state index in [1.165, 1.54) is 30.6 Å². The summed E-state index contributed by atoms with van der Waals surface area (Å²) in [6, 6.07) is 4.28. The Balaban J connectivity index is 1.61. The molecule has 3 fully saturated rings. The van der Waals surface area contributed by atoms with Crippen molar-refractivity contribution >= 4 is 0 Å². The van der Waals surface area contributed by atoms with Crippen molar-refractivity contribution in [3.05, 3.63) is 35.8 Å². The van der Waals surface area contributed by atoms with Crippen molar-refractivity contribution in [2.24, 2.45) is 11.8 Å². The fraction of sp³-hybridized carbons (Fsp3) is 0.684. The summed E-state index contributed by atoms with van der Waals surface area (Å²) < 4.78 is 11.9. The first-order valence-electron chi connectivity index (χ1n) is 8.35. The number of hydrogen-bond donors (Lipinski definition) is 0. The van der Waals surface area contributed by atoms with Crippen LogP contribution in [-0.4, -0.2) is 11.7 Å². The number of furan rings is 1. The lowest BCUT2D eigenvalue weighted by atomic mass is 9.50. The molecule has 2 aliphatic carbocycles. The second-order valence-corrected chi connectivity index (χ2v) is 7.90. The van der Waals surface area contributed by atoms with Gasteiger partial charge in [-0.25, -0.2) is 0 Å². The van der Waals surface area contributed by atoms with E-state index in [0.717, 1.165) is 18.6 Å². The Kier molecular flexibility index (Phi) is 2.76. The number of ether oxygens (including phenoxy) is 1. The molecule has 5 atom stereocenters. The molecular formula is C19H26O2. The SMILES string of the molecule is C=C1CCC2OC2(C)CCC2C1CC2(C)c1ccc(C)o1. The summed E-state index contributed by atoms with van der Waals surface area (Å²) in [4.78, 5) is 0. The van der Waals surface area contributed by atoms with E-state index in [1.807, 2.05) is 6.92 Å². The summed E-state index contributed by atoms with van der Waals surface area (Å²) >= 11 is 0. The van der Waals surface area contributed by atoms with Gasteiger partial charge in [-0.15, -0.1) is 0 Å². The zero-order valence-electron chi connectivity index (χ0n) is 13.4. The van der Waals surface area contributed by atoms with Crippen LogP contribution < -0.4 is 0 Å². The molecule has 0 amide bonds. The van der Waals surface area contributed by atoms with Crippen LogP contribution in [-0.2, 0) is 10.2 Å². The zero-order chi connectivity index (χ0) is 14.8. The smallest absolute Gasteiger partial charge is 0.110 e. The molecule has 4 rings (SSSR count).